The topological polar surface area (TPSA) is 90.7 Å². The molecule has 0 heterocycles. The molecule has 0 aliphatic heterocycles. The summed E-state index contributed by atoms with van der Waals surface area (Å²) in [5.74, 6) is 0.474. The molecular formula is C16H15ClN2O5. The highest BCUT2D eigenvalue weighted by atomic mass is 35.5. The Morgan fingerprint density at radius 1 is 1.17 bits per heavy atom. The smallest absolute Gasteiger partial charge is 0.271 e. The molecule has 0 saturated heterocycles. The van der Waals surface area contributed by atoms with Crippen LogP contribution in [0.2, 0.25) is 5.02 Å². The lowest BCUT2D eigenvalue weighted by molar-refractivity contribution is -0.384. The van der Waals surface area contributed by atoms with E-state index in [1.54, 1.807) is 18.2 Å². The minimum absolute atomic E-state index is 0.00439. The third-order valence-corrected chi connectivity index (χ3v) is 3.50. The molecule has 2 aromatic carbocycles. The highest BCUT2D eigenvalue weighted by molar-refractivity contribution is 6.30. The van der Waals surface area contributed by atoms with E-state index < -0.39 is 4.92 Å². The predicted octanol–water partition coefficient (Wildman–Crippen LogP) is 3.45. The van der Waals surface area contributed by atoms with E-state index in [0.29, 0.717) is 22.1 Å². The van der Waals surface area contributed by atoms with Crippen LogP contribution in [0, 0.1) is 10.1 Å². The first-order valence-corrected chi connectivity index (χ1v) is 7.27. The molecule has 126 valence electrons. The van der Waals surface area contributed by atoms with Crippen molar-refractivity contribution in [3.63, 3.8) is 0 Å². The molecule has 0 unspecified atom stereocenters. The van der Waals surface area contributed by atoms with Crippen molar-refractivity contribution in [2.75, 3.05) is 19.5 Å². The fourth-order valence-corrected chi connectivity index (χ4v) is 2.35. The van der Waals surface area contributed by atoms with E-state index in [1.165, 1.54) is 32.4 Å². The molecule has 0 radical (unpaired) electrons. The number of anilines is 1. The molecule has 0 saturated carbocycles. The molecule has 1 amide bonds. The molecule has 2 rings (SSSR count). The van der Waals surface area contributed by atoms with Gasteiger partial charge in [-0.05, 0) is 24.3 Å². The number of ether oxygens (including phenoxy) is 2. The second-order valence-corrected chi connectivity index (χ2v) is 5.26. The van der Waals surface area contributed by atoms with Crippen LogP contribution in [0.5, 0.6) is 11.5 Å². The van der Waals surface area contributed by atoms with Gasteiger partial charge in [0.2, 0.25) is 5.91 Å². The Labute approximate surface area is 143 Å². The van der Waals surface area contributed by atoms with Gasteiger partial charge in [0.15, 0.2) is 0 Å². The van der Waals surface area contributed by atoms with Crippen molar-refractivity contribution in [2.24, 2.45) is 0 Å². The Balaban J connectivity index is 2.22. The number of nitro benzene ring substituents is 1. The first kappa shape index (κ1) is 17.6. The zero-order valence-corrected chi connectivity index (χ0v) is 13.8. The van der Waals surface area contributed by atoms with Crippen LogP contribution in [-0.4, -0.2) is 25.1 Å². The second kappa shape index (κ2) is 7.65. The number of nitro groups is 1. The average molecular weight is 351 g/mol. The van der Waals surface area contributed by atoms with E-state index >= 15 is 0 Å². The van der Waals surface area contributed by atoms with Gasteiger partial charge in [-0.2, -0.15) is 0 Å². The quantitative estimate of drug-likeness (QED) is 0.636. The van der Waals surface area contributed by atoms with Crippen molar-refractivity contribution in [3.05, 3.63) is 57.1 Å². The average Bonchev–Trinajstić information content (AvgIpc) is 2.54. The van der Waals surface area contributed by atoms with Gasteiger partial charge in [-0.1, -0.05) is 11.6 Å². The van der Waals surface area contributed by atoms with E-state index in [0.717, 1.165) is 0 Å². The molecular weight excluding hydrogens is 336 g/mol. The summed E-state index contributed by atoms with van der Waals surface area (Å²) in [5, 5.41) is 14.0. The molecule has 0 fully saturated rings. The maximum absolute atomic E-state index is 12.3. The molecule has 24 heavy (non-hydrogen) atoms. The van der Waals surface area contributed by atoms with E-state index in [-0.39, 0.29) is 23.7 Å². The van der Waals surface area contributed by atoms with Crippen molar-refractivity contribution in [2.45, 2.75) is 6.42 Å². The number of benzene rings is 2. The molecule has 0 spiro atoms. The van der Waals surface area contributed by atoms with Gasteiger partial charge in [-0.15, -0.1) is 0 Å². The molecule has 0 bridgehead atoms. The van der Waals surface area contributed by atoms with Gasteiger partial charge in [0.25, 0.3) is 5.69 Å². The van der Waals surface area contributed by atoms with Gasteiger partial charge >= 0.3 is 0 Å². The highest BCUT2D eigenvalue weighted by Gasteiger charge is 2.15. The summed E-state index contributed by atoms with van der Waals surface area (Å²) in [6.45, 7) is 0. The monoisotopic (exact) mass is 350 g/mol. The third-order valence-electron chi connectivity index (χ3n) is 3.26. The lowest BCUT2D eigenvalue weighted by atomic mass is 10.1. The Hall–Kier alpha value is -2.80. The highest BCUT2D eigenvalue weighted by Crippen LogP contribution is 2.29. The van der Waals surface area contributed by atoms with Crippen molar-refractivity contribution < 1.29 is 19.2 Å². The summed E-state index contributed by atoms with van der Waals surface area (Å²) in [7, 11) is 2.91. The molecule has 0 aromatic heterocycles. The number of hydrogen-bond donors (Lipinski definition) is 1. The first-order valence-electron chi connectivity index (χ1n) is 6.89. The summed E-state index contributed by atoms with van der Waals surface area (Å²) >= 11 is 5.94. The number of nitrogens with zero attached hydrogens (tertiary/aromatic N) is 1. The van der Waals surface area contributed by atoms with Crippen molar-refractivity contribution in [3.8, 4) is 11.5 Å². The van der Waals surface area contributed by atoms with Gasteiger partial charge in [0, 0.05) is 22.7 Å². The van der Waals surface area contributed by atoms with Crippen LogP contribution in [0.1, 0.15) is 5.56 Å². The number of nitrogens with one attached hydrogen (secondary N) is 1. The van der Waals surface area contributed by atoms with Gasteiger partial charge < -0.3 is 14.8 Å². The Morgan fingerprint density at radius 2 is 1.83 bits per heavy atom. The molecule has 0 aliphatic rings. The molecule has 1 N–H and O–H groups in total. The lowest BCUT2D eigenvalue weighted by Gasteiger charge is -2.12. The SMILES string of the molecule is COc1ccc(Cl)cc1CC(=O)Nc1cc([N+](=O)[O-])ccc1OC. The summed E-state index contributed by atoms with van der Waals surface area (Å²) in [4.78, 5) is 22.6. The van der Waals surface area contributed by atoms with Gasteiger partial charge in [0.05, 0.1) is 31.3 Å². The third kappa shape index (κ3) is 4.14. The second-order valence-electron chi connectivity index (χ2n) is 4.82. The Morgan fingerprint density at radius 3 is 2.46 bits per heavy atom. The summed E-state index contributed by atoms with van der Waals surface area (Å²) in [6, 6.07) is 8.92. The summed E-state index contributed by atoms with van der Waals surface area (Å²) in [6.07, 6.45) is -0.00439. The molecule has 7 nitrogen and oxygen atoms in total. The van der Waals surface area contributed by atoms with Crippen LogP contribution in [0.3, 0.4) is 0 Å². The maximum Gasteiger partial charge on any atom is 0.271 e. The molecule has 8 heteroatoms. The number of carbonyl (C=O) groups excluding carboxylic acids is 1. The number of methoxy groups -OCH3 is 2. The summed E-state index contributed by atoms with van der Waals surface area (Å²) < 4.78 is 10.3. The van der Waals surface area contributed by atoms with E-state index in [4.69, 9.17) is 21.1 Å². The number of rotatable bonds is 6. The number of hydrogen-bond acceptors (Lipinski definition) is 5. The van der Waals surface area contributed by atoms with Crippen LogP contribution in [0.4, 0.5) is 11.4 Å². The number of non-ortho nitro benzene ring substituents is 1. The number of halogens is 1. The van der Waals surface area contributed by atoms with Gasteiger partial charge in [-0.3, -0.25) is 14.9 Å². The summed E-state index contributed by atoms with van der Waals surface area (Å²) in [5.41, 5.74) is 0.677. The predicted molar refractivity (Wildman–Crippen MR) is 90.0 cm³/mol. The van der Waals surface area contributed by atoms with E-state index in [1.807, 2.05) is 0 Å². The van der Waals surface area contributed by atoms with Gasteiger partial charge in [0.1, 0.15) is 11.5 Å². The largest absolute Gasteiger partial charge is 0.496 e. The first-order chi connectivity index (χ1) is 11.4. The minimum atomic E-state index is -0.547. The van der Waals surface area contributed by atoms with Gasteiger partial charge in [-0.25, -0.2) is 0 Å². The van der Waals surface area contributed by atoms with Crippen molar-refractivity contribution in [1.29, 1.82) is 0 Å². The van der Waals surface area contributed by atoms with Crippen molar-refractivity contribution in [1.82, 2.24) is 0 Å². The van der Waals surface area contributed by atoms with Crippen LogP contribution in [-0.2, 0) is 11.2 Å². The van der Waals surface area contributed by atoms with E-state index in [9.17, 15) is 14.9 Å². The molecule has 0 aliphatic carbocycles. The maximum atomic E-state index is 12.3. The van der Waals surface area contributed by atoms with Crippen LogP contribution in [0.15, 0.2) is 36.4 Å². The standard InChI is InChI=1S/C16H15ClN2O5/c1-23-14-5-3-11(17)7-10(14)8-16(20)18-13-9-12(19(21)22)4-6-15(13)24-2/h3-7,9H,8H2,1-2H3,(H,18,20). The normalized spacial score (nSPS) is 10.1. The Kier molecular flexibility index (Phi) is 5.59. The van der Waals surface area contributed by atoms with Crippen LogP contribution in [0.25, 0.3) is 0 Å². The fourth-order valence-electron chi connectivity index (χ4n) is 2.16. The Bertz CT molecular complexity index is 779. The van der Waals surface area contributed by atoms with E-state index in [2.05, 4.69) is 5.32 Å². The van der Waals surface area contributed by atoms with Crippen LogP contribution < -0.4 is 14.8 Å². The molecule has 0 atom stereocenters. The van der Waals surface area contributed by atoms with Crippen LogP contribution >= 0.6 is 11.6 Å². The lowest BCUT2D eigenvalue weighted by Crippen LogP contribution is -2.15. The zero-order valence-electron chi connectivity index (χ0n) is 13.0. The number of carbonyl (C=O) groups is 1. The minimum Gasteiger partial charge on any atom is -0.496 e. The zero-order chi connectivity index (χ0) is 17.7. The number of amides is 1. The van der Waals surface area contributed by atoms with Crippen molar-refractivity contribution >= 4 is 28.9 Å². The fraction of sp³-hybridized carbons (Fsp3) is 0.188. The molecule has 2 aromatic rings.